The second kappa shape index (κ2) is 5.85. The van der Waals surface area contributed by atoms with E-state index in [1.54, 1.807) is 6.91 Å². The van der Waals surface area contributed by atoms with Crippen LogP contribution in [-0.4, -0.2) is 58.4 Å². The van der Waals surface area contributed by atoms with Crippen LogP contribution in [0.25, 0.3) is 0 Å². The molecular weight excluding hydrogens is 311 g/mol. The summed E-state index contributed by atoms with van der Waals surface area (Å²) in [6.07, 6.45) is 13.6. The Kier molecular flexibility index (Phi) is 4.43. The third-order valence-electron chi connectivity index (χ3n) is 3.57. The number of allylic oxidation sites excluding steroid dienone is 4. The van der Waals surface area contributed by atoms with Crippen LogP contribution < -0.4 is 0 Å². The fraction of sp³-hybridized carbons (Fsp3) is 0.429. The summed E-state index contributed by atoms with van der Waals surface area (Å²) in [7, 11) is 4.46. The van der Waals surface area contributed by atoms with E-state index in [1.807, 2.05) is 0 Å². The van der Waals surface area contributed by atoms with Crippen molar-refractivity contribution in [2.24, 2.45) is 0 Å². The fourth-order valence-electron chi connectivity index (χ4n) is 2.57. The van der Waals surface area contributed by atoms with Gasteiger partial charge in [-0.1, -0.05) is 0 Å². The summed E-state index contributed by atoms with van der Waals surface area (Å²) in [5.41, 5.74) is 0. The predicted octanol–water partition coefficient (Wildman–Crippen LogP) is 2.35. The Labute approximate surface area is 113 Å². The molecule has 2 heterocycles. The van der Waals surface area contributed by atoms with Crippen molar-refractivity contribution in [3.05, 3.63) is 43.4 Å². The monoisotopic (exact) mass is 332 g/mol. The van der Waals surface area contributed by atoms with Gasteiger partial charge in [0, 0.05) is 0 Å². The topological polar surface area (TPSA) is 6.48 Å². The van der Waals surface area contributed by atoms with E-state index in [9.17, 15) is 0 Å². The van der Waals surface area contributed by atoms with Crippen molar-refractivity contribution in [2.45, 2.75) is 11.1 Å². The summed E-state index contributed by atoms with van der Waals surface area (Å²) in [6.45, 7) is 4.51. The van der Waals surface area contributed by atoms with Crippen LogP contribution in [0, 0.1) is 0 Å². The van der Waals surface area contributed by atoms with Gasteiger partial charge in [0.2, 0.25) is 0 Å². The molecule has 0 fully saturated rings. The van der Waals surface area contributed by atoms with Gasteiger partial charge in [-0.05, 0) is 0 Å². The molecule has 0 N–H and O–H groups in total. The molecule has 0 radical (unpaired) electrons. The Morgan fingerprint density at radius 2 is 1.47 bits per heavy atom. The van der Waals surface area contributed by atoms with Crippen LogP contribution in [0.5, 0.6) is 0 Å². The van der Waals surface area contributed by atoms with Crippen molar-refractivity contribution in [1.82, 2.24) is 9.80 Å². The van der Waals surface area contributed by atoms with Crippen LogP contribution in [-0.2, 0) is 0 Å². The molecule has 0 aliphatic carbocycles. The van der Waals surface area contributed by atoms with Gasteiger partial charge in [0.05, 0.1) is 0 Å². The summed E-state index contributed by atoms with van der Waals surface area (Å²) in [5.74, 6) is 0. The molecule has 0 amide bonds. The first-order valence-corrected chi connectivity index (χ1v) is 12.0. The summed E-state index contributed by atoms with van der Waals surface area (Å²) in [5, 5.41) is 0. The zero-order valence-electron chi connectivity index (χ0n) is 11.1. The second-order valence-corrected chi connectivity index (χ2v) is 13.6. The van der Waals surface area contributed by atoms with Crippen molar-refractivity contribution in [3.63, 3.8) is 0 Å². The number of rotatable bonds is 3. The van der Waals surface area contributed by atoms with Gasteiger partial charge in [0.25, 0.3) is 0 Å². The molecule has 2 rings (SSSR count). The average molecular weight is 332 g/mol. The predicted molar refractivity (Wildman–Crippen MR) is 75.9 cm³/mol. The van der Waals surface area contributed by atoms with Gasteiger partial charge < -0.3 is 0 Å². The number of likely N-dealkylation sites (N-methyl/N-ethyl adjacent to an activating group) is 2. The second-order valence-electron chi connectivity index (χ2n) is 4.76. The van der Waals surface area contributed by atoms with E-state index in [1.165, 1.54) is 4.18 Å². The third kappa shape index (κ3) is 2.82. The van der Waals surface area contributed by atoms with Crippen LogP contribution in [0.4, 0.5) is 0 Å². The van der Waals surface area contributed by atoms with Crippen molar-refractivity contribution in [2.75, 3.05) is 27.2 Å². The first-order valence-electron chi connectivity index (χ1n) is 6.39. The maximum atomic E-state index is 2.44. The quantitative estimate of drug-likeness (QED) is 0.783. The molecule has 2 aliphatic heterocycles. The Morgan fingerprint density at radius 1 is 1.00 bits per heavy atom. The third-order valence-corrected chi connectivity index (χ3v) is 13.6. The van der Waals surface area contributed by atoms with E-state index in [0.29, 0.717) is 0 Å². The van der Waals surface area contributed by atoms with Gasteiger partial charge in [-0.2, -0.15) is 0 Å². The molecule has 0 saturated carbocycles. The van der Waals surface area contributed by atoms with E-state index in [-0.39, 0.29) is 0 Å². The molecule has 0 saturated heterocycles. The SMILES string of the molecule is C[CH2][In]([C]1=CC=CCN1C)[C]1=CC=CCN1C. The van der Waals surface area contributed by atoms with E-state index in [0.717, 1.165) is 13.1 Å². The Morgan fingerprint density at radius 3 is 1.82 bits per heavy atom. The number of hydrogen-bond acceptors (Lipinski definition) is 2. The van der Waals surface area contributed by atoms with Crippen molar-refractivity contribution in [1.29, 1.82) is 0 Å². The van der Waals surface area contributed by atoms with Crippen LogP contribution in [0.15, 0.2) is 43.4 Å². The van der Waals surface area contributed by atoms with Gasteiger partial charge in [-0.25, -0.2) is 0 Å². The Bertz CT molecular complexity index is 357. The minimum absolute atomic E-state index is 1.08. The van der Waals surface area contributed by atoms with Gasteiger partial charge >= 0.3 is 113 Å². The van der Waals surface area contributed by atoms with Crippen molar-refractivity contribution >= 4 is 21.4 Å². The molecule has 2 aliphatic rings. The molecule has 0 aromatic heterocycles. The zero-order valence-corrected chi connectivity index (χ0v) is 14.4. The van der Waals surface area contributed by atoms with Crippen LogP contribution in [0.2, 0.25) is 4.18 Å². The molecule has 0 aromatic rings. The van der Waals surface area contributed by atoms with Gasteiger partial charge in [-0.3, -0.25) is 0 Å². The maximum absolute atomic E-state index is 2.44. The molecule has 90 valence electrons. The first kappa shape index (κ1) is 12.9. The molecule has 0 aromatic carbocycles. The number of hydrogen-bond donors (Lipinski definition) is 0. The molecule has 0 atom stereocenters. The van der Waals surface area contributed by atoms with E-state index >= 15 is 0 Å². The van der Waals surface area contributed by atoms with Gasteiger partial charge in [0.15, 0.2) is 0 Å². The Hall–Kier alpha value is -0.570. The van der Waals surface area contributed by atoms with Crippen LogP contribution >= 0.6 is 0 Å². The van der Waals surface area contributed by atoms with Gasteiger partial charge in [0.1, 0.15) is 0 Å². The summed E-state index contributed by atoms with van der Waals surface area (Å²) in [4.78, 5) is 4.88. The summed E-state index contributed by atoms with van der Waals surface area (Å²) in [6, 6.07) is 0. The van der Waals surface area contributed by atoms with E-state index in [4.69, 9.17) is 0 Å². The standard InChI is InChI=1S/2C6H8N.C2H5.In/c2*1-7-5-3-2-4-6-7;1-2;/h2*2-4H,5H2,1H3;1H2,2H3;. The van der Waals surface area contributed by atoms with Crippen molar-refractivity contribution in [3.8, 4) is 0 Å². The Balaban J connectivity index is 2.27. The summed E-state index contributed by atoms with van der Waals surface area (Å²) < 4.78 is 4.64. The van der Waals surface area contributed by atoms with E-state index < -0.39 is 21.4 Å². The first-order chi connectivity index (χ1) is 8.24. The van der Waals surface area contributed by atoms with E-state index in [2.05, 4.69) is 67.3 Å². The summed E-state index contributed by atoms with van der Waals surface area (Å²) >= 11 is -1.81. The molecular formula is C14H21InN2. The molecule has 0 spiro atoms. The molecule has 2 nitrogen and oxygen atoms in total. The molecule has 17 heavy (non-hydrogen) atoms. The fourth-order valence-corrected chi connectivity index (χ4v) is 11.4. The molecule has 0 bridgehead atoms. The molecule has 3 heteroatoms. The number of nitrogens with zero attached hydrogens (tertiary/aromatic N) is 2. The van der Waals surface area contributed by atoms with Crippen LogP contribution in [0.3, 0.4) is 0 Å². The average Bonchev–Trinajstić information content (AvgIpc) is 2.34. The normalized spacial score (nSPS) is 19.2. The van der Waals surface area contributed by atoms with Crippen LogP contribution in [0.1, 0.15) is 6.92 Å². The van der Waals surface area contributed by atoms with Gasteiger partial charge in [-0.15, -0.1) is 0 Å². The molecule has 0 unspecified atom stereocenters. The van der Waals surface area contributed by atoms with Crippen molar-refractivity contribution < 1.29 is 0 Å². The minimum atomic E-state index is -1.81. The zero-order chi connectivity index (χ0) is 12.3.